The third kappa shape index (κ3) is 5.94. The lowest BCUT2D eigenvalue weighted by molar-refractivity contribution is -0.115. The summed E-state index contributed by atoms with van der Waals surface area (Å²) in [5.41, 5.74) is 2.70. The summed E-state index contributed by atoms with van der Waals surface area (Å²) in [6, 6.07) is 25.3. The molecule has 8 heteroatoms. The molecule has 1 heterocycles. The van der Waals surface area contributed by atoms with Gasteiger partial charge in [-0.1, -0.05) is 71.9 Å². The fourth-order valence-electron chi connectivity index (χ4n) is 3.35. The van der Waals surface area contributed by atoms with E-state index in [4.69, 9.17) is 16.3 Å². The van der Waals surface area contributed by atoms with Gasteiger partial charge in [0.15, 0.2) is 5.16 Å². The van der Waals surface area contributed by atoms with E-state index in [2.05, 4.69) is 32.2 Å². The maximum Gasteiger partial charge on any atom is 0.225 e. The van der Waals surface area contributed by atoms with Crippen LogP contribution in [0.1, 0.15) is 17.8 Å². The van der Waals surface area contributed by atoms with Crippen LogP contribution in [0.5, 0.6) is 5.75 Å². The molecule has 33 heavy (non-hydrogen) atoms. The minimum Gasteiger partial charge on any atom is -0.495 e. The van der Waals surface area contributed by atoms with Crippen LogP contribution in [0.4, 0.5) is 5.69 Å². The Kier molecular flexibility index (Phi) is 7.65. The highest BCUT2D eigenvalue weighted by atomic mass is 35.5. The number of thioether (sulfide) groups is 1. The first-order valence-corrected chi connectivity index (χ1v) is 11.8. The van der Waals surface area contributed by atoms with E-state index in [0.29, 0.717) is 35.1 Å². The summed E-state index contributed by atoms with van der Waals surface area (Å²) in [6.45, 7) is 0. The van der Waals surface area contributed by atoms with E-state index in [1.807, 2.05) is 48.5 Å². The lowest BCUT2D eigenvalue weighted by Crippen LogP contribution is -2.13. The first kappa shape index (κ1) is 22.9. The van der Waals surface area contributed by atoms with Crippen molar-refractivity contribution < 1.29 is 9.53 Å². The number of halogens is 1. The highest BCUT2D eigenvalue weighted by molar-refractivity contribution is 7.99. The van der Waals surface area contributed by atoms with E-state index in [1.54, 1.807) is 25.3 Å². The van der Waals surface area contributed by atoms with Gasteiger partial charge in [0.05, 0.1) is 12.8 Å². The Bertz CT molecular complexity index is 1220. The van der Waals surface area contributed by atoms with E-state index in [0.717, 1.165) is 22.2 Å². The minimum atomic E-state index is -0.127. The Morgan fingerprint density at radius 1 is 1.03 bits per heavy atom. The van der Waals surface area contributed by atoms with E-state index < -0.39 is 0 Å². The molecule has 168 valence electrons. The van der Waals surface area contributed by atoms with Crippen molar-refractivity contribution in [3.05, 3.63) is 95.3 Å². The van der Waals surface area contributed by atoms with E-state index >= 15 is 0 Å². The molecule has 4 rings (SSSR count). The van der Waals surface area contributed by atoms with Gasteiger partial charge < -0.3 is 10.1 Å². The highest BCUT2D eigenvalue weighted by Gasteiger charge is 2.16. The van der Waals surface area contributed by atoms with E-state index in [-0.39, 0.29) is 5.91 Å². The highest BCUT2D eigenvalue weighted by Crippen LogP contribution is 2.28. The molecule has 0 atom stereocenters. The average molecular weight is 479 g/mol. The van der Waals surface area contributed by atoms with Crippen molar-refractivity contribution in [3.8, 4) is 11.4 Å². The number of hydrogen-bond acceptors (Lipinski definition) is 5. The van der Waals surface area contributed by atoms with Crippen LogP contribution in [-0.4, -0.2) is 33.5 Å². The van der Waals surface area contributed by atoms with Crippen molar-refractivity contribution in [1.29, 1.82) is 0 Å². The maximum atomic E-state index is 12.5. The number of para-hydroxylation sites is 1. The lowest BCUT2D eigenvalue weighted by atomic mass is 10.1. The van der Waals surface area contributed by atoms with Gasteiger partial charge in [-0.3, -0.25) is 9.36 Å². The zero-order chi connectivity index (χ0) is 23.0. The van der Waals surface area contributed by atoms with Crippen LogP contribution in [0.3, 0.4) is 0 Å². The Balaban J connectivity index is 1.46. The number of anilines is 1. The number of aromatic nitrogens is 3. The first-order chi connectivity index (χ1) is 16.1. The molecule has 1 N–H and O–H groups in total. The number of ether oxygens (including phenoxy) is 1. The molecule has 0 spiro atoms. The summed E-state index contributed by atoms with van der Waals surface area (Å²) in [7, 11) is 1.55. The normalized spacial score (nSPS) is 10.7. The molecule has 4 aromatic rings. The number of carbonyl (C=O) groups is 1. The fraction of sp³-hybridized carbons (Fsp3) is 0.160. The lowest BCUT2D eigenvalue weighted by Gasteiger charge is -2.11. The minimum absolute atomic E-state index is 0.127. The van der Waals surface area contributed by atoms with Gasteiger partial charge in [-0.15, -0.1) is 10.2 Å². The number of nitrogens with one attached hydrogen (secondary N) is 1. The van der Waals surface area contributed by atoms with Gasteiger partial charge in [-0.25, -0.2) is 0 Å². The maximum absolute atomic E-state index is 12.5. The second-order valence-corrected chi connectivity index (χ2v) is 8.72. The summed E-state index contributed by atoms with van der Waals surface area (Å²) >= 11 is 7.55. The predicted octanol–water partition coefficient (Wildman–Crippen LogP) is 5.64. The van der Waals surface area contributed by atoms with Crippen molar-refractivity contribution >= 4 is 35.0 Å². The molecule has 1 aromatic heterocycles. The average Bonchev–Trinajstić information content (AvgIpc) is 3.22. The molecule has 0 bridgehead atoms. The molecule has 6 nitrogen and oxygen atoms in total. The van der Waals surface area contributed by atoms with Crippen LogP contribution in [-0.2, 0) is 11.2 Å². The summed E-state index contributed by atoms with van der Waals surface area (Å²) in [4.78, 5) is 12.5. The summed E-state index contributed by atoms with van der Waals surface area (Å²) in [6.07, 6.45) is 0.967. The molecule has 0 aliphatic carbocycles. The van der Waals surface area contributed by atoms with Crippen LogP contribution >= 0.6 is 23.4 Å². The van der Waals surface area contributed by atoms with Gasteiger partial charge in [0.25, 0.3) is 0 Å². The monoisotopic (exact) mass is 478 g/mol. The molecule has 0 radical (unpaired) electrons. The molecular formula is C25H23ClN4O2S. The number of methoxy groups -OCH3 is 1. The van der Waals surface area contributed by atoms with Gasteiger partial charge in [-0.05, 0) is 35.9 Å². The van der Waals surface area contributed by atoms with Crippen LogP contribution < -0.4 is 10.1 Å². The number of rotatable bonds is 9. The molecule has 0 saturated carbocycles. The van der Waals surface area contributed by atoms with Crippen molar-refractivity contribution in [2.24, 2.45) is 0 Å². The summed E-state index contributed by atoms with van der Waals surface area (Å²) < 4.78 is 7.34. The number of carbonyl (C=O) groups excluding carboxylic acids is 1. The van der Waals surface area contributed by atoms with Crippen LogP contribution in [0, 0.1) is 0 Å². The number of hydrogen-bond donors (Lipinski definition) is 1. The number of benzene rings is 3. The van der Waals surface area contributed by atoms with Gasteiger partial charge in [0.1, 0.15) is 11.6 Å². The van der Waals surface area contributed by atoms with Gasteiger partial charge in [0, 0.05) is 29.3 Å². The largest absolute Gasteiger partial charge is 0.495 e. The van der Waals surface area contributed by atoms with Crippen molar-refractivity contribution in [2.75, 3.05) is 18.2 Å². The van der Waals surface area contributed by atoms with Crippen LogP contribution in [0.15, 0.2) is 84.0 Å². The quantitative estimate of drug-likeness (QED) is 0.315. The zero-order valence-electron chi connectivity index (χ0n) is 18.1. The van der Waals surface area contributed by atoms with Gasteiger partial charge >= 0.3 is 0 Å². The molecule has 0 aliphatic heterocycles. The molecule has 0 aliphatic rings. The summed E-state index contributed by atoms with van der Waals surface area (Å²) in [5, 5.41) is 13.0. The van der Waals surface area contributed by atoms with E-state index in [9.17, 15) is 4.79 Å². The molecule has 3 aromatic carbocycles. The third-order valence-corrected chi connectivity index (χ3v) is 6.08. The first-order valence-electron chi connectivity index (χ1n) is 10.4. The van der Waals surface area contributed by atoms with Crippen molar-refractivity contribution in [3.63, 3.8) is 0 Å². The molecular weight excluding hydrogens is 456 g/mol. The smallest absolute Gasteiger partial charge is 0.225 e. The second kappa shape index (κ2) is 11.0. The van der Waals surface area contributed by atoms with Gasteiger partial charge in [0.2, 0.25) is 5.91 Å². The van der Waals surface area contributed by atoms with Gasteiger partial charge in [-0.2, -0.15) is 0 Å². The summed E-state index contributed by atoms with van der Waals surface area (Å²) in [5.74, 6) is 1.83. The molecule has 0 unspecified atom stereocenters. The Morgan fingerprint density at radius 3 is 2.48 bits per heavy atom. The third-order valence-electron chi connectivity index (χ3n) is 4.92. The topological polar surface area (TPSA) is 69.0 Å². The standard InChI is InChI=1S/C25H23ClN4O2S/c1-32-22-13-12-19(26)17-21(22)27-24(31)14-15-33-25-29-28-23(16-18-8-4-2-5-9-18)30(25)20-10-6-3-7-11-20/h2-13,17H,14-16H2,1H3,(H,27,31). The Morgan fingerprint density at radius 2 is 1.76 bits per heavy atom. The number of nitrogens with zero attached hydrogens (tertiary/aromatic N) is 3. The second-order valence-electron chi connectivity index (χ2n) is 7.22. The van der Waals surface area contributed by atoms with Crippen LogP contribution in [0.2, 0.25) is 5.02 Å². The molecule has 0 fully saturated rings. The number of amides is 1. The Labute approximate surface area is 202 Å². The predicted molar refractivity (Wildman–Crippen MR) is 133 cm³/mol. The van der Waals surface area contributed by atoms with E-state index in [1.165, 1.54) is 11.8 Å². The molecule has 0 saturated heterocycles. The zero-order valence-corrected chi connectivity index (χ0v) is 19.6. The SMILES string of the molecule is COc1ccc(Cl)cc1NC(=O)CCSc1nnc(Cc2ccccc2)n1-c1ccccc1. The fourth-order valence-corrected chi connectivity index (χ4v) is 4.43. The Hall–Kier alpha value is -3.29. The molecule has 1 amide bonds. The van der Waals surface area contributed by atoms with Crippen molar-refractivity contribution in [1.82, 2.24) is 14.8 Å². The van der Waals surface area contributed by atoms with Crippen LogP contribution in [0.25, 0.3) is 5.69 Å². The van der Waals surface area contributed by atoms with Crippen molar-refractivity contribution in [2.45, 2.75) is 18.0 Å².